The van der Waals surface area contributed by atoms with Crippen molar-refractivity contribution < 1.29 is 0 Å². The second-order valence-electron chi connectivity index (χ2n) is 0.655. The molecule has 0 aliphatic heterocycles. The minimum absolute atomic E-state index is 0.252. The van der Waals surface area contributed by atoms with Crippen LogP contribution in [0.15, 0.2) is 5.10 Å². The van der Waals surface area contributed by atoms with Gasteiger partial charge in [-0.05, 0) is 0 Å². The zero-order valence-electron chi connectivity index (χ0n) is 3.10. The highest BCUT2D eigenvalue weighted by molar-refractivity contribution is 5.74. The fourth-order valence-corrected chi connectivity index (χ4v) is 0.0695. The van der Waals surface area contributed by atoms with Crippen LogP contribution in [0.5, 0.6) is 0 Å². The third-order valence-electron chi connectivity index (χ3n) is 0.185. The Labute approximate surface area is 35.5 Å². The lowest BCUT2D eigenvalue weighted by Gasteiger charge is -1.86. The summed E-state index contributed by atoms with van der Waals surface area (Å²) >= 11 is 0. The number of nitrogens with zero attached hydrogens (tertiary/aromatic N) is 1. The number of hydrogen-bond donors (Lipinski definition) is 3. The Kier molecular flexibility index (Phi) is 1.81. The van der Waals surface area contributed by atoms with Gasteiger partial charge < -0.3 is 5.73 Å². The van der Waals surface area contributed by atoms with Crippen LogP contribution in [0.3, 0.4) is 0 Å². The van der Waals surface area contributed by atoms with Crippen molar-refractivity contribution in [2.24, 2.45) is 10.8 Å². The molecule has 0 saturated heterocycles. The average Bonchev–Trinajstić information content (AvgIpc) is 1.35. The normalized spacial score (nSPS) is 6.67. The number of rotatable bonds is 1. The summed E-state index contributed by atoms with van der Waals surface area (Å²) in [5.74, 6) is -0.252. The molecule has 0 aromatic rings. The maximum atomic E-state index is 6.39. The van der Waals surface area contributed by atoms with Crippen molar-refractivity contribution in [3.8, 4) is 0 Å². The molecule has 0 spiro atoms. The van der Waals surface area contributed by atoms with Crippen molar-refractivity contribution in [2.45, 2.75) is 0 Å². The molecule has 4 N–H and O–H groups in total. The number of nitrogens with two attached hydrogens (primary N) is 1. The van der Waals surface area contributed by atoms with Gasteiger partial charge in [-0.2, -0.15) is 5.10 Å². The monoisotopic (exact) mass is 85.1 g/mol. The van der Waals surface area contributed by atoms with Crippen molar-refractivity contribution in [2.75, 3.05) is 0 Å². The van der Waals surface area contributed by atoms with Gasteiger partial charge >= 0.3 is 0 Å². The van der Waals surface area contributed by atoms with Crippen LogP contribution >= 0.6 is 0 Å². The zero-order chi connectivity index (χ0) is 4.99. The van der Waals surface area contributed by atoms with Crippen LogP contribution in [0.1, 0.15) is 0 Å². The second-order valence-corrected chi connectivity index (χ2v) is 0.655. The first-order valence-corrected chi connectivity index (χ1v) is 1.27. The van der Waals surface area contributed by atoms with Crippen LogP contribution in [0.2, 0.25) is 0 Å². The average molecular weight is 85.1 g/mol. The lowest BCUT2D eigenvalue weighted by atomic mass is 11.1. The van der Waals surface area contributed by atoms with Crippen molar-refractivity contribution in [1.82, 2.24) is 5.43 Å². The van der Waals surface area contributed by atoms with Gasteiger partial charge in [-0.3, -0.25) is 5.41 Å². The summed E-state index contributed by atoms with van der Waals surface area (Å²) in [5, 5.41) is 9.22. The van der Waals surface area contributed by atoms with Crippen LogP contribution < -0.4 is 11.2 Å². The molecule has 4 heteroatoms. The van der Waals surface area contributed by atoms with Crippen molar-refractivity contribution in [3.63, 3.8) is 0 Å². The summed E-state index contributed by atoms with van der Waals surface area (Å²) in [6.45, 7) is 4.52. The van der Waals surface area contributed by atoms with Gasteiger partial charge in [0.15, 0.2) is 0 Å². The number of hydrogen-bond acceptors (Lipinski definition) is 2. The molecular formula is C2H5N4. The topological polar surface area (TPSA) is 74.3 Å². The molecule has 0 amide bonds. The van der Waals surface area contributed by atoms with Gasteiger partial charge in [-0.15, -0.1) is 0 Å². The lowest BCUT2D eigenvalue weighted by molar-refractivity contribution is 1.01. The van der Waals surface area contributed by atoms with Gasteiger partial charge in [0, 0.05) is 0 Å². The summed E-state index contributed by atoms with van der Waals surface area (Å²) < 4.78 is 0. The Hall–Kier alpha value is -1.06. The molecule has 6 heavy (non-hydrogen) atoms. The predicted molar refractivity (Wildman–Crippen MR) is 23.5 cm³/mol. The van der Waals surface area contributed by atoms with E-state index < -0.39 is 0 Å². The third-order valence-corrected chi connectivity index (χ3v) is 0.185. The number of nitrogens with one attached hydrogen (secondary N) is 2. The maximum Gasteiger partial charge on any atom is 0.206 e. The molecule has 0 rings (SSSR count). The van der Waals surface area contributed by atoms with E-state index in [-0.39, 0.29) is 5.96 Å². The minimum Gasteiger partial charge on any atom is -0.369 e. The number of hydrazone groups is 1. The van der Waals surface area contributed by atoms with E-state index in [1.165, 1.54) is 0 Å². The molecule has 1 radical (unpaired) electrons. The molecule has 0 atom stereocenters. The van der Waals surface area contributed by atoms with E-state index in [1.807, 2.05) is 5.43 Å². The molecule has 4 nitrogen and oxygen atoms in total. The fraction of sp³-hybridized carbons (Fsp3) is 0. The van der Waals surface area contributed by atoms with Gasteiger partial charge in [0.25, 0.3) is 0 Å². The summed E-state index contributed by atoms with van der Waals surface area (Å²) in [4.78, 5) is 0. The molecular weight excluding hydrogens is 80.1 g/mol. The van der Waals surface area contributed by atoms with Gasteiger partial charge in [0.1, 0.15) is 0 Å². The van der Waals surface area contributed by atoms with Crippen LogP contribution in [0.25, 0.3) is 0 Å². The Bertz CT molecular complexity index is 65.9. The molecule has 0 heterocycles. The Morgan fingerprint density at radius 2 is 2.50 bits per heavy atom. The zero-order valence-corrected chi connectivity index (χ0v) is 3.10. The maximum absolute atomic E-state index is 6.39. The van der Waals surface area contributed by atoms with Gasteiger partial charge in [-0.1, -0.05) is 0 Å². The predicted octanol–water partition coefficient (Wildman–Crippen LogP) is -1.04. The van der Waals surface area contributed by atoms with E-state index in [1.54, 1.807) is 0 Å². The van der Waals surface area contributed by atoms with E-state index in [0.29, 0.717) is 0 Å². The lowest BCUT2D eigenvalue weighted by Crippen LogP contribution is -2.24. The van der Waals surface area contributed by atoms with Crippen molar-refractivity contribution >= 4 is 12.7 Å². The Morgan fingerprint density at radius 3 is 2.50 bits per heavy atom. The van der Waals surface area contributed by atoms with Crippen LogP contribution in [0.4, 0.5) is 0 Å². The van der Waals surface area contributed by atoms with Crippen molar-refractivity contribution in [3.05, 3.63) is 0 Å². The first kappa shape index (κ1) is 4.94. The first-order valence-electron chi connectivity index (χ1n) is 1.27. The molecule has 0 aromatic carbocycles. The quantitative estimate of drug-likeness (QED) is 0.216. The largest absolute Gasteiger partial charge is 0.369 e. The Morgan fingerprint density at radius 1 is 2.00 bits per heavy atom. The van der Waals surface area contributed by atoms with E-state index in [2.05, 4.69) is 11.8 Å². The molecule has 0 unspecified atom stereocenters. The highest BCUT2D eigenvalue weighted by Gasteiger charge is 1.70. The van der Waals surface area contributed by atoms with E-state index in [9.17, 15) is 0 Å². The standard InChI is InChI=1S/C2H5N4/c1-5-6-2(3)4/h1H,(H4,3,4,6). The van der Waals surface area contributed by atoms with Gasteiger partial charge in [0.2, 0.25) is 5.96 Å². The molecule has 0 aliphatic carbocycles. The SMILES string of the molecule is [CH]=NNC(=N)N. The second kappa shape index (κ2) is 2.19. The van der Waals surface area contributed by atoms with Gasteiger partial charge in [0.05, 0.1) is 6.72 Å². The summed E-state index contributed by atoms with van der Waals surface area (Å²) in [6, 6.07) is 0. The molecule has 0 aliphatic rings. The summed E-state index contributed by atoms with van der Waals surface area (Å²) in [6.07, 6.45) is 0. The van der Waals surface area contributed by atoms with Crippen LogP contribution in [-0.2, 0) is 0 Å². The molecule has 33 valence electrons. The first-order chi connectivity index (χ1) is 2.77. The van der Waals surface area contributed by atoms with Crippen molar-refractivity contribution in [1.29, 1.82) is 5.41 Å². The summed E-state index contributed by atoms with van der Waals surface area (Å²) in [7, 11) is 0. The van der Waals surface area contributed by atoms with Crippen LogP contribution in [0, 0.1) is 5.41 Å². The molecule has 0 fully saturated rings. The highest BCUT2D eigenvalue weighted by atomic mass is 15.3. The van der Waals surface area contributed by atoms with E-state index >= 15 is 0 Å². The van der Waals surface area contributed by atoms with E-state index in [4.69, 9.17) is 11.1 Å². The minimum atomic E-state index is -0.252. The molecule has 0 saturated carbocycles. The third kappa shape index (κ3) is 2.94. The highest BCUT2D eigenvalue weighted by Crippen LogP contribution is 1.43. The smallest absolute Gasteiger partial charge is 0.206 e. The van der Waals surface area contributed by atoms with Gasteiger partial charge in [-0.25, -0.2) is 5.43 Å². The van der Waals surface area contributed by atoms with Crippen LogP contribution in [-0.4, -0.2) is 12.7 Å². The summed E-state index contributed by atoms with van der Waals surface area (Å²) in [5.41, 5.74) is 6.67. The Balaban J connectivity index is 3.05. The molecule has 0 bridgehead atoms. The number of guanidine groups is 1. The van der Waals surface area contributed by atoms with E-state index in [0.717, 1.165) is 0 Å². The molecule has 0 aromatic heterocycles. The fourth-order valence-electron chi connectivity index (χ4n) is 0.0695.